The lowest BCUT2D eigenvalue weighted by Gasteiger charge is -2.28. The van der Waals surface area contributed by atoms with Gasteiger partial charge in [-0.3, -0.25) is 4.25 Å². The maximum atomic E-state index is 5.49. The van der Waals surface area contributed by atoms with E-state index in [1.54, 1.807) is 11.4 Å². The second-order valence-corrected chi connectivity index (χ2v) is 11.8. The highest BCUT2D eigenvalue weighted by atomic mass is 32.9. The van der Waals surface area contributed by atoms with Crippen LogP contribution < -0.4 is 0 Å². The van der Waals surface area contributed by atoms with Crippen LogP contribution >= 0.6 is 16.8 Å². The van der Waals surface area contributed by atoms with E-state index < -0.39 is 5.39 Å². The van der Waals surface area contributed by atoms with E-state index in [0.29, 0.717) is 0 Å². The summed E-state index contributed by atoms with van der Waals surface area (Å²) in [5.74, 6) is 2.64. The van der Waals surface area contributed by atoms with E-state index in [0.717, 1.165) is 9.16 Å². The molecule has 0 amide bonds. The number of nitrogens with zero attached hydrogens (tertiary/aromatic N) is 1. The first-order valence-corrected chi connectivity index (χ1v) is 7.82. The number of allylic oxidation sites excluding steroid dienone is 1. The summed E-state index contributed by atoms with van der Waals surface area (Å²) in [6.07, 6.45) is 7.37. The molecule has 0 fully saturated rings. The summed E-state index contributed by atoms with van der Waals surface area (Å²) >= 11 is 7.18. The SMILES string of the molecule is C#CC1=C[N+](C)(C)P(C)(=S)S1. The third-order valence-electron chi connectivity index (χ3n) is 1.78. The Labute approximate surface area is 77.3 Å². The lowest BCUT2D eigenvalue weighted by Crippen LogP contribution is -2.24. The lowest BCUT2D eigenvalue weighted by atomic mass is 10.6. The molecule has 0 saturated heterocycles. The Morgan fingerprint density at radius 1 is 1.73 bits per heavy atom. The van der Waals surface area contributed by atoms with Gasteiger partial charge in [-0.15, -0.1) is 6.42 Å². The Balaban J connectivity index is 3.08. The van der Waals surface area contributed by atoms with Crippen molar-refractivity contribution < 1.29 is 4.25 Å². The minimum Gasteiger partial charge on any atom is -0.274 e. The van der Waals surface area contributed by atoms with Crippen LogP contribution in [0.3, 0.4) is 0 Å². The van der Waals surface area contributed by atoms with Crippen LogP contribution in [-0.4, -0.2) is 25.0 Å². The van der Waals surface area contributed by atoms with Gasteiger partial charge in [-0.25, -0.2) is 0 Å². The Morgan fingerprint density at radius 3 is 2.45 bits per heavy atom. The van der Waals surface area contributed by atoms with Crippen LogP contribution in [-0.2, 0) is 11.8 Å². The molecule has 1 rings (SSSR count). The van der Waals surface area contributed by atoms with Crippen LogP contribution in [0.5, 0.6) is 0 Å². The van der Waals surface area contributed by atoms with Gasteiger partial charge >= 0.3 is 0 Å². The third kappa shape index (κ3) is 1.55. The number of hydrogen-bond acceptors (Lipinski definition) is 2. The highest BCUT2D eigenvalue weighted by Crippen LogP contribution is 2.69. The van der Waals surface area contributed by atoms with Crippen LogP contribution in [0, 0.1) is 12.3 Å². The fourth-order valence-corrected chi connectivity index (χ4v) is 5.14. The molecule has 1 aliphatic heterocycles. The predicted octanol–water partition coefficient (Wildman–Crippen LogP) is 2.22. The van der Waals surface area contributed by atoms with Gasteiger partial charge < -0.3 is 0 Å². The molecule has 1 aliphatic rings. The summed E-state index contributed by atoms with van der Waals surface area (Å²) < 4.78 is 0.784. The molecule has 1 unspecified atom stereocenters. The van der Waals surface area contributed by atoms with Crippen molar-refractivity contribution in [3.8, 4) is 12.3 Å². The molecule has 0 spiro atoms. The topological polar surface area (TPSA) is 0 Å². The fraction of sp³-hybridized carbons (Fsp3) is 0.429. The van der Waals surface area contributed by atoms with Crippen LogP contribution in [0.15, 0.2) is 11.1 Å². The first kappa shape index (κ1) is 9.35. The van der Waals surface area contributed by atoms with Crippen molar-refractivity contribution in [3.63, 3.8) is 0 Å². The molecular weight excluding hydrogens is 193 g/mol. The van der Waals surface area contributed by atoms with Crippen molar-refractivity contribution in [2.24, 2.45) is 0 Å². The van der Waals surface area contributed by atoms with Crippen LogP contribution in [0.4, 0.5) is 0 Å². The van der Waals surface area contributed by atoms with E-state index in [4.69, 9.17) is 18.2 Å². The van der Waals surface area contributed by atoms with E-state index in [9.17, 15) is 0 Å². The summed E-state index contributed by atoms with van der Waals surface area (Å²) in [6, 6.07) is 0. The molecule has 1 nitrogen and oxygen atoms in total. The summed E-state index contributed by atoms with van der Waals surface area (Å²) in [6.45, 7) is 2.13. The number of rotatable bonds is 0. The van der Waals surface area contributed by atoms with E-state index >= 15 is 0 Å². The molecule has 0 aromatic carbocycles. The van der Waals surface area contributed by atoms with Gasteiger partial charge in [-0.2, -0.15) is 0 Å². The minimum atomic E-state index is -1.37. The van der Waals surface area contributed by atoms with Crippen molar-refractivity contribution in [2.45, 2.75) is 0 Å². The second kappa shape index (κ2) is 2.64. The Bertz CT molecular complexity index is 298. The van der Waals surface area contributed by atoms with Crippen molar-refractivity contribution in [2.75, 3.05) is 20.8 Å². The maximum absolute atomic E-state index is 5.49. The second-order valence-electron chi connectivity index (χ2n) is 3.01. The average molecular weight is 204 g/mol. The van der Waals surface area contributed by atoms with Crippen LogP contribution in [0.1, 0.15) is 0 Å². The highest BCUT2D eigenvalue weighted by Gasteiger charge is 2.38. The summed E-state index contributed by atoms with van der Waals surface area (Å²) in [7, 11) is 4.22. The Morgan fingerprint density at radius 2 is 2.27 bits per heavy atom. The molecule has 0 bridgehead atoms. The summed E-state index contributed by atoms with van der Waals surface area (Å²) in [5.41, 5.74) is 0. The maximum Gasteiger partial charge on any atom is 0.178 e. The van der Waals surface area contributed by atoms with Crippen molar-refractivity contribution >= 4 is 28.6 Å². The van der Waals surface area contributed by atoms with Crippen molar-refractivity contribution in [1.82, 2.24) is 0 Å². The van der Waals surface area contributed by atoms with Gasteiger partial charge in [0.2, 0.25) is 0 Å². The largest absolute Gasteiger partial charge is 0.274 e. The number of terminal acetylenes is 1. The van der Waals surface area contributed by atoms with E-state index in [2.05, 4.69) is 32.9 Å². The molecule has 11 heavy (non-hydrogen) atoms. The smallest absolute Gasteiger partial charge is 0.178 e. The standard InChI is InChI=1S/C7H11NPS2/c1-5-7-6-8(2,3)9(4,10)11-7/h1,6H,2-4H3/q+1. The molecular formula is C7H11NPS2+. The van der Waals surface area contributed by atoms with Crippen LogP contribution in [0.2, 0.25) is 0 Å². The molecule has 4 heteroatoms. The van der Waals surface area contributed by atoms with Crippen LogP contribution in [0.25, 0.3) is 0 Å². The molecule has 1 atom stereocenters. The zero-order valence-corrected chi connectivity index (χ0v) is 9.39. The Kier molecular flexibility index (Phi) is 2.24. The number of hydrogen-bond donors (Lipinski definition) is 0. The summed E-state index contributed by atoms with van der Waals surface area (Å²) in [5, 5.41) is -1.37. The van der Waals surface area contributed by atoms with Gasteiger partial charge in [0, 0.05) is 6.66 Å². The molecule has 1 heterocycles. The highest BCUT2D eigenvalue weighted by molar-refractivity contribution is 8.70. The quantitative estimate of drug-likeness (QED) is 0.438. The molecule has 0 saturated carbocycles. The van der Waals surface area contributed by atoms with Gasteiger partial charge in [-0.05, 0) is 23.2 Å². The lowest BCUT2D eigenvalue weighted by molar-refractivity contribution is -0.701. The fourth-order valence-electron chi connectivity index (χ4n) is 0.767. The number of quaternary nitrogens is 1. The van der Waals surface area contributed by atoms with Gasteiger partial charge in [0.05, 0.1) is 14.1 Å². The van der Waals surface area contributed by atoms with Crippen molar-refractivity contribution in [3.05, 3.63) is 11.1 Å². The molecule has 0 aromatic rings. The molecule has 0 aliphatic carbocycles. The normalized spacial score (nSPS) is 34.5. The van der Waals surface area contributed by atoms with Gasteiger partial charge in [0.1, 0.15) is 11.1 Å². The van der Waals surface area contributed by atoms with Gasteiger partial charge in [-0.1, -0.05) is 5.92 Å². The third-order valence-corrected chi connectivity index (χ3v) is 9.33. The Hall–Kier alpha value is 0.260. The van der Waals surface area contributed by atoms with Gasteiger partial charge in [0.25, 0.3) is 0 Å². The first-order chi connectivity index (χ1) is 4.89. The summed E-state index contributed by atoms with van der Waals surface area (Å²) in [4.78, 5) is 1.00. The monoisotopic (exact) mass is 204 g/mol. The van der Waals surface area contributed by atoms with E-state index in [1.165, 1.54) is 0 Å². The molecule has 0 aromatic heterocycles. The van der Waals surface area contributed by atoms with Crippen molar-refractivity contribution in [1.29, 1.82) is 0 Å². The minimum absolute atomic E-state index is 0.784. The van der Waals surface area contributed by atoms with E-state index in [-0.39, 0.29) is 0 Å². The zero-order valence-electron chi connectivity index (χ0n) is 6.87. The van der Waals surface area contributed by atoms with E-state index in [1.807, 2.05) is 0 Å². The molecule has 0 N–H and O–H groups in total. The first-order valence-electron chi connectivity index (χ1n) is 3.20. The average Bonchev–Trinajstić information content (AvgIpc) is 2.03. The van der Waals surface area contributed by atoms with Gasteiger partial charge in [0.15, 0.2) is 5.39 Å². The molecule has 60 valence electrons. The molecule has 0 radical (unpaired) electrons. The zero-order chi connectivity index (χ0) is 8.70. The predicted molar refractivity (Wildman–Crippen MR) is 56.8 cm³/mol.